The Balaban J connectivity index is 2.39. The maximum absolute atomic E-state index is 10.8. The second-order valence-corrected chi connectivity index (χ2v) is 3.49. The molecule has 0 fully saturated rings. The van der Waals surface area contributed by atoms with E-state index in [0.717, 1.165) is 4.88 Å². The Morgan fingerprint density at radius 1 is 1.50 bits per heavy atom. The quantitative estimate of drug-likeness (QED) is 0.798. The van der Waals surface area contributed by atoms with Crippen LogP contribution in [0.3, 0.4) is 0 Å². The van der Waals surface area contributed by atoms with E-state index in [0.29, 0.717) is 10.9 Å². The molecule has 0 aromatic carbocycles. The third-order valence-electron chi connectivity index (χ3n) is 1.59. The third-order valence-corrected chi connectivity index (χ3v) is 2.57. The molecule has 0 atom stereocenters. The van der Waals surface area contributed by atoms with E-state index in [9.17, 15) is 4.79 Å². The molecule has 0 saturated heterocycles. The zero-order valence-corrected chi connectivity index (χ0v) is 8.17. The summed E-state index contributed by atoms with van der Waals surface area (Å²) in [6, 6.07) is 3.07. The van der Waals surface area contributed by atoms with E-state index in [1.807, 2.05) is 0 Å². The summed E-state index contributed by atoms with van der Waals surface area (Å²) in [4.78, 5) is 15.6. The van der Waals surface area contributed by atoms with Crippen LogP contribution in [0.4, 0.5) is 0 Å². The lowest BCUT2D eigenvalue weighted by Gasteiger charge is -1.91. The molecule has 0 unspecified atom stereocenters. The molecule has 0 aliphatic carbocycles. The van der Waals surface area contributed by atoms with Gasteiger partial charge >= 0.3 is 0 Å². The first-order valence-electron chi connectivity index (χ1n) is 3.85. The van der Waals surface area contributed by atoms with Gasteiger partial charge in [0, 0.05) is 6.07 Å². The van der Waals surface area contributed by atoms with Crippen LogP contribution in [0.1, 0.15) is 0 Å². The second kappa shape index (κ2) is 3.59. The summed E-state index contributed by atoms with van der Waals surface area (Å²) in [5.41, 5.74) is 0.468. The molecule has 72 valence electrons. The van der Waals surface area contributed by atoms with Crippen LogP contribution in [-0.4, -0.2) is 22.3 Å². The number of hydrogen-bond donors (Lipinski definition) is 1. The van der Waals surface area contributed by atoms with E-state index in [1.165, 1.54) is 17.4 Å². The van der Waals surface area contributed by atoms with Crippen LogP contribution in [0, 0.1) is 0 Å². The van der Waals surface area contributed by atoms with Crippen molar-refractivity contribution in [3.63, 3.8) is 0 Å². The first-order valence-corrected chi connectivity index (χ1v) is 4.67. The normalized spacial score (nSPS) is 10.1. The van der Waals surface area contributed by atoms with Gasteiger partial charge in [0.1, 0.15) is 5.69 Å². The van der Waals surface area contributed by atoms with Crippen molar-refractivity contribution in [1.82, 2.24) is 15.2 Å². The van der Waals surface area contributed by atoms with Crippen molar-refractivity contribution in [3.8, 4) is 15.8 Å². The lowest BCUT2D eigenvalue weighted by Crippen LogP contribution is -2.05. The molecule has 2 aromatic heterocycles. The number of H-pyrrole nitrogens is 1. The monoisotopic (exact) mass is 209 g/mol. The topological polar surface area (TPSA) is 67.9 Å². The molecule has 6 heteroatoms. The highest BCUT2D eigenvalue weighted by molar-refractivity contribution is 7.16. The lowest BCUT2D eigenvalue weighted by molar-refractivity contribution is 0.412. The fourth-order valence-corrected chi connectivity index (χ4v) is 1.65. The maximum atomic E-state index is 10.8. The van der Waals surface area contributed by atoms with Crippen molar-refractivity contribution < 1.29 is 4.74 Å². The van der Waals surface area contributed by atoms with Gasteiger partial charge in [0.25, 0.3) is 10.8 Å². The van der Waals surface area contributed by atoms with Gasteiger partial charge in [-0.2, -0.15) is 5.10 Å². The fourth-order valence-electron chi connectivity index (χ4n) is 0.953. The highest BCUT2D eigenvalue weighted by Gasteiger charge is 2.05. The van der Waals surface area contributed by atoms with Crippen LogP contribution in [0.5, 0.6) is 5.19 Å². The number of hydrogen-bond acceptors (Lipinski definition) is 5. The molecule has 5 nitrogen and oxygen atoms in total. The maximum Gasteiger partial charge on any atom is 0.273 e. The first-order chi connectivity index (χ1) is 6.79. The smallest absolute Gasteiger partial charge is 0.273 e. The highest BCUT2D eigenvalue weighted by atomic mass is 32.1. The molecule has 2 heterocycles. The number of nitrogens with one attached hydrogen (secondary N) is 1. The summed E-state index contributed by atoms with van der Waals surface area (Å²) in [5, 5.41) is 6.81. The molecule has 0 amide bonds. The van der Waals surface area contributed by atoms with Gasteiger partial charge in [0.15, 0.2) is 0 Å². The van der Waals surface area contributed by atoms with E-state index in [4.69, 9.17) is 4.74 Å². The number of methoxy groups -OCH3 is 1. The van der Waals surface area contributed by atoms with Crippen LogP contribution in [-0.2, 0) is 0 Å². The molecule has 0 spiro atoms. The minimum Gasteiger partial charge on any atom is -0.473 e. The van der Waals surface area contributed by atoms with Gasteiger partial charge in [0.05, 0.1) is 18.2 Å². The van der Waals surface area contributed by atoms with Gasteiger partial charge in [0.2, 0.25) is 0 Å². The molecule has 2 aromatic rings. The van der Waals surface area contributed by atoms with Crippen molar-refractivity contribution in [3.05, 3.63) is 28.7 Å². The van der Waals surface area contributed by atoms with E-state index >= 15 is 0 Å². The van der Waals surface area contributed by atoms with E-state index in [1.54, 1.807) is 19.4 Å². The Morgan fingerprint density at radius 2 is 2.36 bits per heavy atom. The Labute approximate surface area is 83.4 Å². The fraction of sp³-hybridized carbons (Fsp3) is 0.125. The van der Waals surface area contributed by atoms with Crippen LogP contribution in [0.2, 0.25) is 0 Å². The average molecular weight is 209 g/mol. The molecule has 0 radical (unpaired) electrons. The minimum atomic E-state index is -0.217. The van der Waals surface area contributed by atoms with Crippen LogP contribution in [0.25, 0.3) is 10.6 Å². The predicted molar refractivity (Wildman–Crippen MR) is 52.5 cm³/mol. The minimum absolute atomic E-state index is 0.217. The molecule has 1 N–H and O–H groups in total. The van der Waals surface area contributed by atoms with E-state index in [-0.39, 0.29) is 5.56 Å². The molecule has 14 heavy (non-hydrogen) atoms. The van der Waals surface area contributed by atoms with Gasteiger partial charge in [-0.3, -0.25) is 4.79 Å². The van der Waals surface area contributed by atoms with E-state index in [2.05, 4.69) is 15.2 Å². The van der Waals surface area contributed by atoms with Crippen molar-refractivity contribution in [2.24, 2.45) is 0 Å². The molecule has 0 saturated carbocycles. The number of nitrogens with zero attached hydrogens (tertiary/aromatic N) is 2. The standard InChI is InChI=1S/C8H7N3O2S/c1-13-8-9-4-6(14-8)5-2-3-7(12)11-10-5/h2-4H,1H3,(H,11,12). The largest absolute Gasteiger partial charge is 0.473 e. The zero-order chi connectivity index (χ0) is 9.97. The lowest BCUT2D eigenvalue weighted by atomic mass is 10.3. The van der Waals surface area contributed by atoms with Gasteiger partial charge in [-0.05, 0) is 6.07 Å². The summed E-state index contributed by atoms with van der Waals surface area (Å²) in [7, 11) is 1.56. The van der Waals surface area contributed by atoms with Crippen LogP contribution < -0.4 is 10.3 Å². The van der Waals surface area contributed by atoms with Crippen molar-refractivity contribution in [2.75, 3.05) is 7.11 Å². The molecule has 0 bridgehead atoms. The summed E-state index contributed by atoms with van der Waals surface area (Å²) < 4.78 is 4.95. The molecular formula is C8H7N3O2S. The summed E-state index contributed by atoms with van der Waals surface area (Å²) in [6.07, 6.45) is 1.66. The second-order valence-electron chi connectivity index (χ2n) is 2.50. The summed E-state index contributed by atoms with van der Waals surface area (Å²) >= 11 is 1.37. The van der Waals surface area contributed by atoms with Gasteiger partial charge in [-0.25, -0.2) is 10.1 Å². The Bertz CT molecular complexity index is 471. The summed E-state index contributed by atoms with van der Waals surface area (Å²) in [5.74, 6) is 0. The summed E-state index contributed by atoms with van der Waals surface area (Å²) in [6.45, 7) is 0. The van der Waals surface area contributed by atoms with Crippen molar-refractivity contribution in [2.45, 2.75) is 0 Å². The van der Waals surface area contributed by atoms with Crippen molar-refractivity contribution >= 4 is 11.3 Å². The number of aromatic amines is 1. The highest BCUT2D eigenvalue weighted by Crippen LogP contribution is 2.27. The zero-order valence-electron chi connectivity index (χ0n) is 7.35. The number of rotatable bonds is 2. The predicted octanol–water partition coefficient (Wildman–Crippen LogP) is 0.902. The molecular weight excluding hydrogens is 202 g/mol. The number of ether oxygens (including phenoxy) is 1. The molecule has 0 aliphatic rings. The number of thiazole rings is 1. The molecule has 0 aliphatic heterocycles. The third kappa shape index (κ3) is 1.64. The van der Waals surface area contributed by atoms with E-state index < -0.39 is 0 Å². The Kier molecular flexibility index (Phi) is 2.28. The number of aromatic nitrogens is 3. The van der Waals surface area contributed by atoms with Gasteiger partial charge < -0.3 is 4.74 Å². The Morgan fingerprint density at radius 3 is 2.93 bits per heavy atom. The Hall–Kier alpha value is -1.69. The van der Waals surface area contributed by atoms with Gasteiger partial charge in [-0.1, -0.05) is 11.3 Å². The SMILES string of the molecule is COc1ncc(-c2ccc(=O)[nH]n2)s1. The first kappa shape index (κ1) is 8.89. The molecule has 2 rings (SSSR count). The van der Waals surface area contributed by atoms with Gasteiger partial charge in [-0.15, -0.1) is 0 Å². The van der Waals surface area contributed by atoms with Crippen molar-refractivity contribution in [1.29, 1.82) is 0 Å². The van der Waals surface area contributed by atoms with Crippen LogP contribution in [0.15, 0.2) is 23.1 Å². The average Bonchev–Trinajstić information content (AvgIpc) is 2.67. The van der Waals surface area contributed by atoms with Crippen LogP contribution >= 0.6 is 11.3 Å².